The summed E-state index contributed by atoms with van der Waals surface area (Å²) in [5, 5.41) is 1.50. The topological polar surface area (TPSA) is 72.6 Å². The molecule has 3 rings (SSSR count). The van der Waals surface area contributed by atoms with Crippen LogP contribution in [-0.4, -0.2) is 38.5 Å². The molecule has 6 heteroatoms. The summed E-state index contributed by atoms with van der Waals surface area (Å²) in [4.78, 5) is 0.320. The maximum absolute atomic E-state index is 12.9. The molecule has 0 bridgehead atoms. The van der Waals surface area contributed by atoms with Crippen molar-refractivity contribution in [2.75, 3.05) is 19.7 Å². The lowest BCUT2D eigenvalue weighted by Gasteiger charge is -2.18. The predicted molar refractivity (Wildman–Crippen MR) is 86.5 cm³/mol. The lowest BCUT2D eigenvalue weighted by atomic mass is 10.1. The van der Waals surface area contributed by atoms with Gasteiger partial charge in [-0.2, -0.15) is 4.31 Å². The smallest absolute Gasteiger partial charge is 0.243 e. The van der Waals surface area contributed by atoms with Crippen LogP contribution in [0.4, 0.5) is 0 Å². The molecule has 1 heterocycles. The minimum Gasteiger partial charge on any atom is -0.493 e. The third-order valence-electron chi connectivity index (χ3n) is 3.95. The number of nitrogens with zero attached hydrogens (tertiary/aromatic N) is 1. The third-order valence-corrected chi connectivity index (χ3v) is 5.87. The lowest BCUT2D eigenvalue weighted by molar-refractivity contribution is 0.344. The monoisotopic (exact) mass is 320 g/mol. The molecular weight excluding hydrogens is 300 g/mol. The van der Waals surface area contributed by atoms with E-state index in [-0.39, 0.29) is 6.04 Å². The van der Waals surface area contributed by atoms with Gasteiger partial charge in [0.25, 0.3) is 0 Å². The Bertz CT molecular complexity index is 789. The summed E-state index contributed by atoms with van der Waals surface area (Å²) in [5.74, 6) is 0.704. The van der Waals surface area contributed by atoms with E-state index in [0.29, 0.717) is 42.1 Å². The quantitative estimate of drug-likeness (QED) is 0.934. The van der Waals surface area contributed by atoms with E-state index in [2.05, 4.69) is 0 Å². The van der Waals surface area contributed by atoms with Gasteiger partial charge in [0.2, 0.25) is 10.0 Å². The van der Waals surface area contributed by atoms with E-state index in [1.54, 1.807) is 12.1 Å². The van der Waals surface area contributed by atoms with Crippen LogP contribution in [0.3, 0.4) is 0 Å². The fraction of sp³-hybridized carbons (Fsp3) is 0.375. The Morgan fingerprint density at radius 3 is 2.59 bits per heavy atom. The summed E-state index contributed by atoms with van der Waals surface area (Å²) in [6.45, 7) is 3.30. The van der Waals surface area contributed by atoms with Crippen molar-refractivity contribution < 1.29 is 13.2 Å². The Hall–Kier alpha value is -1.63. The Kier molecular flexibility index (Phi) is 4.08. The molecule has 5 nitrogen and oxygen atoms in total. The van der Waals surface area contributed by atoms with Crippen LogP contribution in [0.1, 0.15) is 13.3 Å². The first-order chi connectivity index (χ1) is 10.5. The normalized spacial score (nSPS) is 19.6. The van der Waals surface area contributed by atoms with Gasteiger partial charge in [0, 0.05) is 29.9 Å². The first-order valence-corrected chi connectivity index (χ1v) is 8.88. The van der Waals surface area contributed by atoms with E-state index in [1.807, 2.05) is 31.2 Å². The molecule has 2 aromatic carbocycles. The van der Waals surface area contributed by atoms with Crippen molar-refractivity contribution in [3.05, 3.63) is 36.4 Å². The fourth-order valence-corrected chi connectivity index (χ4v) is 4.57. The van der Waals surface area contributed by atoms with Gasteiger partial charge in [-0.3, -0.25) is 0 Å². The van der Waals surface area contributed by atoms with Gasteiger partial charge in [0.1, 0.15) is 5.75 Å². The van der Waals surface area contributed by atoms with Gasteiger partial charge in [0.15, 0.2) is 0 Å². The molecule has 2 N–H and O–H groups in total. The maximum atomic E-state index is 12.9. The van der Waals surface area contributed by atoms with Gasteiger partial charge < -0.3 is 10.5 Å². The number of rotatable bonds is 4. The number of hydrogen-bond donors (Lipinski definition) is 1. The first-order valence-electron chi connectivity index (χ1n) is 7.44. The predicted octanol–water partition coefficient (Wildman–Crippen LogP) is 1.96. The summed E-state index contributed by atoms with van der Waals surface area (Å²) in [7, 11) is -3.53. The average molecular weight is 320 g/mol. The SMILES string of the molecule is CCOc1ccc(S(=O)(=O)N2CC[C@@H](N)C2)c2ccccc12. The minimum atomic E-state index is -3.53. The van der Waals surface area contributed by atoms with Gasteiger partial charge >= 0.3 is 0 Å². The van der Waals surface area contributed by atoms with Crippen molar-refractivity contribution in [1.82, 2.24) is 4.31 Å². The van der Waals surface area contributed by atoms with Gasteiger partial charge in [-0.15, -0.1) is 0 Å². The summed E-state index contributed by atoms with van der Waals surface area (Å²) in [5.41, 5.74) is 5.85. The highest BCUT2D eigenvalue weighted by Crippen LogP contribution is 2.33. The number of ether oxygens (including phenoxy) is 1. The fourth-order valence-electron chi connectivity index (χ4n) is 2.86. The molecule has 1 saturated heterocycles. The molecule has 22 heavy (non-hydrogen) atoms. The van der Waals surface area contributed by atoms with Crippen LogP contribution in [0.25, 0.3) is 10.8 Å². The molecule has 0 aromatic heterocycles. The van der Waals surface area contributed by atoms with Crippen LogP contribution in [0.2, 0.25) is 0 Å². The Morgan fingerprint density at radius 1 is 1.23 bits per heavy atom. The third kappa shape index (κ3) is 2.58. The van der Waals surface area contributed by atoms with Gasteiger partial charge in [-0.1, -0.05) is 24.3 Å². The van der Waals surface area contributed by atoms with Crippen molar-refractivity contribution in [1.29, 1.82) is 0 Å². The lowest BCUT2D eigenvalue weighted by Crippen LogP contribution is -2.32. The average Bonchev–Trinajstić information content (AvgIpc) is 2.95. The highest BCUT2D eigenvalue weighted by Gasteiger charge is 2.32. The van der Waals surface area contributed by atoms with Crippen LogP contribution < -0.4 is 10.5 Å². The number of fused-ring (bicyclic) bond motifs is 1. The van der Waals surface area contributed by atoms with Gasteiger partial charge in [0.05, 0.1) is 11.5 Å². The highest BCUT2D eigenvalue weighted by molar-refractivity contribution is 7.89. The van der Waals surface area contributed by atoms with Gasteiger partial charge in [-0.05, 0) is 25.5 Å². The van der Waals surface area contributed by atoms with Crippen molar-refractivity contribution in [2.45, 2.75) is 24.3 Å². The number of nitrogens with two attached hydrogens (primary N) is 1. The second-order valence-corrected chi connectivity index (χ2v) is 7.36. The molecule has 118 valence electrons. The van der Waals surface area contributed by atoms with Crippen LogP contribution in [0, 0.1) is 0 Å². The van der Waals surface area contributed by atoms with E-state index in [0.717, 1.165) is 5.39 Å². The van der Waals surface area contributed by atoms with Crippen molar-refractivity contribution >= 4 is 20.8 Å². The van der Waals surface area contributed by atoms with Gasteiger partial charge in [-0.25, -0.2) is 8.42 Å². The molecule has 0 spiro atoms. The standard InChI is InChI=1S/C16H20N2O3S/c1-2-21-15-7-8-16(14-6-4-3-5-13(14)15)22(19,20)18-10-9-12(17)11-18/h3-8,12H,2,9-11,17H2,1H3/t12-/m1/s1. The van der Waals surface area contributed by atoms with Crippen molar-refractivity contribution in [3.63, 3.8) is 0 Å². The minimum absolute atomic E-state index is 0.0799. The number of benzene rings is 2. The summed E-state index contributed by atoms with van der Waals surface area (Å²) < 4.78 is 32.9. The Labute approximate surface area is 130 Å². The Morgan fingerprint density at radius 2 is 1.95 bits per heavy atom. The van der Waals surface area contributed by atoms with E-state index in [9.17, 15) is 8.42 Å². The zero-order valence-electron chi connectivity index (χ0n) is 12.5. The molecule has 0 unspecified atom stereocenters. The summed E-state index contributed by atoms with van der Waals surface area (Å²) >= 11 is 0. The summed E-state index contributed by atoms with van der Waals surface area (Å²) in [6.07, 6.45) is 0.703. The van der Waals surface area contributed by atoms with Crippen LogP contribution >= 0.6 is 0 Å². The molecule has 1 atom stereocenters. The molecule has 0 saturated carbocycles. The molecule has 1 fully saturated rings. The molecule has 0 aliphatic carbocycles. The zero-order chi connectivity index (χ0) is 15.7. The molecule has 1 aliphatic heterocycles. The van der Waals surface area contributed by atoms with E-state index in [1.165, 1.54) is 4.31 Å². The number of sulfonamides is 1. The molecule has 1 aliphatic rings. The van der Waals surface area contributed by atoms with Crippen molar-refractivity contribution in [2.24, 2.45) is 5.73 Å². The Balaban J connectivity index is 2.13. The van der Waals surface area contributed by atoms with Crippen molar-refractivity contribution in [3.8, 4) is 5.75 Å². The van der Waals surface area contributed by atoms with E-state index >= 15 is 0 Å². The molecular formula is C16H20N2O3S. The second-order valence-electron chi connectivity index (χ2n) is 5.45. The maximum Gasteiger partial charge on any atom is 0.243 e. The molecule has 2 aromatic rings. The summed E-state index contributed by atoms with van der Waals surface area (Å²) in [6, 6.07) is 10.7. The van der Waals surface area contributed by atoms with E-state index < -0.39 is 10.0 Å². The zero-order valence-corrected chi connectivity index (χ0v) is 13.3. The highest BCUT2D eigenvalue weighted by atomic mass is 32.2. The molecule has 0 radical (unpaired) electrons. The molecule has 0 amide bonds. The second kappa shape index (κ2) is 5.87. The van der Waals surface area contributed by atoms with Crippen LogP contribution in [0.5, 0.6) is 5.75 Å². The van der Waals surface area contributed by atoms with Crippen LogP contribution in [0.15, 0.2) is 41.3 Å². The number of hydrogen-bond acceptors (Lipinski definition) is 4. The first kappa shape index (κ1) is 15.3. The largest absolute Gasteiger partial charge is 0.493 e. The van der Waals surface area contributed by atoms with E-state index in [4.69, 9.17) is 10.5 Å². The van der Waals surface area contributed by atoms with Crippen LogP contribution in [-0.2, 0) is 10.0 Å².